The maximum atomic E-state index is 5.32. The lowest BCUT2D eigenvalue weighted by atomic mass is 10.3. The molecule has 0 bridgehead atoms. The van der Waals surface area contributed by atoms with Crippen LogP contribution in [0.25, 0.3) is 0 Å². The third-order valence-corrected chi connectivity index (χ3v) is 1.67. The fourth-order valence-electron chi connectivity index (χ4n) is 0.948. The second-order valence-corrected chi connectivity index (χ2v) is 2.90. The maximum Gasteiger partial charge on any atom is 0.0160 e. The van der Waals surface area contributed by atoms with Crippen molar-refractivity contribution in [2.24, 2.45) is 5.73 Å². The highest BCUT2D eigenvalue weighted by atomic mass is 15.1. The highest BCUT2D eigenvalue weighted by Crippen LogP contribution is 1.92. The molecule has 2 nitrogen and oxygen atoms in total. The van der Waals surface area contributed by atoms with Gasteiger partial charge in [0.2, 0.25) is 0 Å². The minimum absolute atomic E-state index is 0.639. The summed E-state index contributed by atoms with van der Waals surface area (Å²) in [5.41, 5.74) is 5.32. The molecule has 0 atom stereocenters. The van der Waals surface area contributed by atoms with Gasteiger partial charge in [-0.1, -0.05) is 18.2 Å². The van der Waals surface area contributed by atoms with Crippen molar-refractivity contribution >= 4 is 0 Å². The van der Waals surface area contributed by atoms with Gasteiger partial charge in [0, 0.05) is 13.1 Å². The minimum Gasteiger partial charge on any atom is -0.327 e. The standard InChI is InChI=1S/C10H20N2/c1-3-4-6-9-12(2)10-7-5-8-11/h3,5,7H,1,4,6,8-11H2,2H3/b7-5+. The summed E-state index contributed by atoms with van der Waals surface area (Å²) in [5.74, 6) is 0. The monoisotopic (exact) mass is 168 g/mol. The van der Waals surface area contributed by atoms with Crippen molar-refractivity contribution in [3.8, 4) is 0 Å². The van der Waals surface area contributed by atoms with Crippen LogP contribution in [0.1, 0.15) is 12.8 Å². The van der Waals surface area contributed by atoms with E-state index in [0.29, 0.717) is 6.54 Å². The van der Waals surface area contributed by atoms with Crippen molar-refractivity contribution in [3.63, 3.8) is 0 Å². The normalized spacial score (nSPS) is 11.2. The minimum atomic E-state index is 0.639. The third kappa shape index (κ3) is 7.51. The van der Waals surface area contributed by atoms with Crippen LogP contribution < -0.4 is 5.73 Å². The van der Waals surface area contributed by atoms with Crippen LogP contribution in [-0.4, -0.2) is 31.6 Å². The lowest BCUT2D eigenvalue weighted by Gasteiger charge is -2.12. The summed E-state index contributed by atoms with van der Waals surface area (Å²) < 4.78 is 0. The van der Waals surface area contributed by atoms with Gasteiger partial charge in [0.25, 0.3) is 0 Å². The largest absolute Gasteiger partial charge is 0.327 e. The lowest BCUT2D eigenvalue weighted by Crippen LogP contribution is -2.19. The first-order chi connectivity index (χ1) is 5.81. The third-order valence-electron chi connectivity index (χ3n) is 1.67. The van der Waals surface area contributed by atoms with E-state index in [0.717, 1.165) is 19.5 Å². The van der Waals surface area contributed by atoms with Crippen molar-refractivity contribution in [2.75, 3.05) is 26.7 Å². The molecule has 0 radical (unpaired) electrons. The average molecular weight is 168 g/mol. The van der Waals surface area contributed by atoms with Crippen LogP contribution in [0.4, 0.5) is 0 Å². The summed E-state index contributed by atoms with van der Waals surface area (Å²) in [7, 11) is 2.12. The van der Waals surface area contributed by atoms with Gasteiger partial charge in [0.1, 0.15) is 0 Å². The molecule has 2 N–H and O–H groups in total. The second kappa shape index (κ2) is 8.50. The zero-order chi connectivity index (χ0) is 9.23. The van der Waals surface area contributed by atoms with Crippen molar-refractivity contribution in [2.45, 2.75) is 12.8 Å². The molecule has 12 heavy (non-hydrogen) atoms. The Balaban J connectivity index is 3.26. The quantitative estimate of drug-likeness (QED) is 0.460. The summed E-state index contributed by atoms with van der Waals surface area (Å²) >= 11 is 0. The first-order valence-electron chi connectivity index (χ1n) is 4.45. The van der Waals surface area contributed by atoms with Crippen LogP contribution in [0.2, 0.25) is 0 Å². The Kier molecular flexibility index (Phi) is 8.07. The van der Waals surface area contributed by atoms with Crippen molar-refractivity contribution in [1.82, 2.24) is 4.90 Å². The van der Waals surface area contributed by atoms with Crippen LogP contribution in [0.15, 0.2) is 24.8 Å². The molecule has 0 aromatic carbocycles. The van der Waals surface area contributed by atoms with E-state index in [1.165, 1.54) is 6.42 Å². The number of unbranched alkanes of at least 4 members (excludes halogenated alkanes) is 1. The molecule has 0 saturated carbocycles. The molecule has 0 aliphatic rings. The van der Waals surface area contributed by atoms with E-state index in [-0.39, 0.29) is 0 Å². The van der Waals surface area contributed by atoms with Gasteiger partial charge in [-0.05, 0) is 26.4 Å². The summed E-state index contributed by atoms with van der Waals surface area (Å²) in [6.45, 7) is 6.44. The van der Waals surface area contributed by atoms with E-state index in [2.05, 4.69) is 24.6 Å². The maximum absolute atomic E-state index is 5.32. The predicted molar refractivity (Wildman–Crippen MR) is 55.1 cm³/mol. The van der Waals surface area contributed by atoms with E-state index in [1.807, 2.05) is 12.2 Å². The molecule has 0 unspecified atom stereocenters. The van der Waals surface area contributed by atoms with E-state index in [4.69, 9.17) is 5.73 Å². The van der Waals surface area contributed by atoms with Crippen molar-refractivity contribution in [3.05, 3.63) is 24.8 Å². The zero-order valence-electron chi connectivity index (χ0n) is 8.00. The molecular formula is C10H20N2. The topological polar surface area (TPSA) is 29.3 Å². The van der Waals surface area contributed by atoms with Crippen molar-refractivity contribution in [1.29, 1.82) is 0 Å². The van der Waals surface area contributed by atoms with E-state index < -0.39 is 0 Å². The van der Waals surface area contributed by atoms with Crippen molar-refractivity contribution < 1.29 is 0 Å². The summed E-state index contributed by atoms with van der Waals surface area (Å²) in [4.78, 5) is 2.27. The summed E-state index contributed by atoms with van der Waals surface area (Å²) in [5, 5.41) is 0. The molecule has 0 aromatic rings. The molecule has 0 aromatic heterocycles. The Morgan fingerprint density at radius 2 is 2.17 bits per heavy atom. The van der Waals surface area contributed by atoms with Crippen LogP contribution in [0.3, 0.4) is 0 Å². The summed E-state index contributed by atoms with van der Waals surface area (Å²) in [6, 6.07) is 0. The molecule has 0 heterocycles. The molecule has 2 heteroatoms. The van der Waals surface area contributed by atoms with Crippen LogP contribution in [0, 0.1) is 0 Å². The molecule has 0 fully saturated rings. The number of allylic oxidation sites excluding steroid dienone is 1. The molecule has 0 rings (SSSR count). The fraction of sp³-hybridized carbons (Fsp3) is 0.600. The smallest absolute Gasteiger partial charge is 0.0160 e. The SMILES string of the molecule is C=CCCCN(C)C/C=C/CN. The highest BCUT2D eigenvalue weighted by Gasteiger charge is 1.92. The molecular weight excluding hydrogens is 148 g/mol. The molecule has 0 aliphatic carbocycles. The molecule has 70 valence electrons. The molecule has 0 amide bonds. The average Bonchev–Trinajstić information content (AvgIpc) is 2.06. The van der Waals surface area contributed by atoms with Crippen LogP contribution >= 0.6 is 0 Å². The van der Waals surface area contributed by atoms with Gasteiger partial charge in [0.15, 0.2) is 0 Å². The number of nitrogens with two attached hydrogens (primary N) is 1. The first-order valence-corrected chi connectivity index (χ1v) is 4.45. The Morgan fingerprint density at radius 1 is 1.42 bits per heavy atom. The number of hydrogen-bond donors (Lipinski definition) is 1. The van der Waals surface area contributed by atoms with E-state index in [9.17, 15) is 0 Å². The van der Waals surface area contributed by atoms with Crippen LogP contribution in [0.5, 0.6) is 0 Å². The highest BCUT2D eigenvalue weighted by molar-refractivity contribution is 4.84. The Hall–Kier alpha value is -0.600. The number of rotatable bonds is 7. The molecule has 0 aliphatic heterocycles. The lowest BCUT2D eigenvalue weighted by molar-refractivity contribution is 0.365. The Labute approximate surface area is 75.7 Å². The Morgan fingerprint density at radius 3 is 2.75 bits per heavy atom. The molecule has 0 saturated heterocycles. The molecule has 0 spiro atoms. The number of nitrogens with zero attached hydrogens (tertiary/aromatic N) is 1. The van der Waals surface area contributed by atoms with Crippen LogP contribution in [-0.2, 0) is 0 Å². The van der Waals surface area contributed by atoms with Gasteiger partial charge in [-0.25, -0.2) is 0 Å². The second-order valence-electron chi connectivity index (χ2n) is 2.90. The van der Waals surface area contributed by atoms with Gasteiger partial charge in [-0.2, -0.15) is 0 Å². The summed E-state index contributed by atoms with van der Waals surface area (Å²) in [6.07, 6.45) is 8.35. The van der Waals surface area contributed by atoms with Gasteiger partial charge >= 0.3 is 0 Å². The predicted octanol–water partition coefficient (Wildman–Crippen LogP) is 1.40. The van der Waals surface area contributed by atoms with E-state index in [1.54, 1.807) is 0 Å². The Bertz CT molecular complexity index is 130. The number of likely N-dealkylation sites (N-methyl/N-ethyl adjacent to an activating group) is 1. The van der Waals surface area contributed by atoms with Gasteiger partial charge < -0.3 is 10.6 Å². The van der Waals surface area contributed by atoms with Gasteiger partial charge in [0.05, 0.1) is 0 Å². The fourth-order valence-corrected chi connectivity index (χ4v) is 0.948. The van der Waals surface area contributed by atoms with E-state index >= 15 is 0 Å². The first kappa shape index (κ1) is 11.4. The number of hydrogen-bond acceptors (Lipinski definition) is 2. The van der Waals surface area contributed by atoms with Gasteiger partial charge in [-0.3, -0.25) is 0 Å². The van der Waals surface area contributed by atoms with Gasteiger partial charge in [-0.15, -0.1) is 6.58 Å². The zero-order valence-corrected chi connectivity index (χ0v) is 8.00.